The summed E-state index contributed by atoms with van der Waals surface area (Å²) in [6, 6.07) is 23.2. The van der Waals surface area contributed by atoms with Crippen LogP contribution in [0.2, 0.25) is 0 Å². The summed E-state index contributed by atoms with van der Waals surface area (Å²) in [5.41, 5.74) is 4.64. The number of benzene rings is 3. The van der Waals surface area contributed by atoms with E-state index in [-0.39, 0.29) is 12.2 Å². The number of thiazole rings is 1. The van der Waals surface area contributed by atoms with Crippen molar-refractivity contribution in [3.63, 3.8) is 0 Å². The lowest BCUT2D eigenvalue weighted by Crippen LogP contribution is -2.39. The minimum atomic E-state index is -0.674. The molecule has 0 aliphatic carbocycles. The van der Waals surface area contributed by atoms with Gasteiger partial charge in [0.2, 0.25) is 0 Å². The van der Waals surface area contributed by atoms with Crippen molar-refractivity contribution in [3.05, 3.63) is 131 Å². The molecule has 0 amide bonds. The van der Waals surface area contributed by atoms with Gasteiger partial charge in [0.05, 0.1) is 35.6 Å². The van der Waals surface area contributed by atoms with Crippen molar-refractivity contribution in [2.75, 3.05) is 13.7 Å². The van der Waals surface area contributed by atoms with Gasteiger partial charge in [-0.25, -0.2) is 9.79 Å². The van der Waals surface area contributed by atoms with E-state index in [1.54, 1.807) is 25.5 Å². The van der Waals surface area contributed by atoms with Crippen molar-refractivity contribution in [1.29, 1.82) is 0 Å². The molecule has 0 radical (unpaired) electrons. The van der Waals surface area contributed by atoms with Gasteiger partial charge in [-0.05, 0) is 61.4 Å². The molecule has 1 atom stereocenters. The van der Waals surface area contributed by atoms with Gasteiger partial charge < -0.3 is 14.0 Å². The molecule has 0 N–H and O–H groups in total. The first-order valence-electron chi connectivity index (χ1n) is 13.5. The predicted molar refractivity (Wildman–Crippen MR) is 169 cm³/mol. The van der Waals surface area contributed by atoms with Gasteiger partial charge >= 0.3 is 5.97 Å². The summed E-state index contributed by atoms with van der Waals surface area (Å²) >= 11 is 4.83. The normalized spacial score (nSPS) is 15.0. The molecule has 42 heavy (non-hydrogen) atoms. The second-order valence-corrected chi connectivity index (χ2v) is 11.9. The van der Waals surface area contributed by atoms with Gasteiger partial charge in [-0.3, -0.25) is 9.36 Å². The largest absolute Gasteiger partial charge is 0.497 e. The van der Waals surface area contributed by atoms with Crippen LogP contribution in [-0.2, 0) is 16.1 Å². The molecule has 0 saturated heterocycles. The van der Waals surface area contributed by atoms with Gasteiger partial charge in [0, 0.05) is 33.7 Å². The smallest absolute Gasteiger partial charge is 0.338 e. The topological polar surface area (TPSA) is 74.8 Å². The van der Waals surface area contributed by atoms with Crippen molar-refractivity contribution in [2.45, 2.75) is 26.4 Å². The third kappa shape index (κ3) is 5.14. The van der Waals surface area contributed by atoms with Crippen molar-refractivity contribution in [3.8, 4) is 5.75 Å². The zero-order valence-corrected chi connectivity index (χ0v) is 25.7. The molecule has 3 heterocycles. The molecule has 5 aromatic rings. The van der Waals surface area contributed by atoms with Crippen molar-refractivity contribution < 1.29 is 14.3 Å². The molecule has 2 aromatic heterocycles. The van der Waals surface area contributed by atoms with Crippen molar-refractivity contribution in [1.82, 2.24) is 9.13 Å². The number of para-hydroxylation sites is 1. The minimum absolute atomic E-state index is 0.210. The number of hydrogen-bond donors (Lipinski definition) is 0. The number of carbonyl (C=O) groups is 1. The molecule has 7 nitrogen and oxygen atoms in total. The number of fused-ring (bicyclic) bond motifs is 2. The molecule has 1 aliphatic rings. The summed E-state index contributed by atoms with van der Waals surface area (Å²) in [6.45, 7) is 4.47. The summed E-state index contributed by atoms with van der Waals surface area (Å²) < 4.78 is 16.1. The fourth-order valence-corrected chi connectivity index (χ4v) is 6.64. The van der Waals surface area contributed by atoms with Crippen LogP contribution in [0.3, 0.4) is 0 Å². The van der Waals surface area contributed by atoms with Crippen molar-refractivity contribution in [2.24, 2.45) is 4.99 Å². The number of methoxy groups -OCH3 is 1. The number of halogens is 1. The molecule has 9 heteroatoms. The second-order valence-electron chi connectivity index (χ2n) is 9.93. The lowest BCUT2D eigenvalue weighted by atomic mass is 9.96. The number of aromatic nitrogens is 2. The average molecular weight is 643 g/mol. The Bertz CT molecular complexity index is 2020. The van der Waals surface area contributed by atoms with E-state index >= 15 is 0 Å². The second kappa shape index (κ2) is 11.6. The summed E-state index contributed by atoms with van der Waals surface area (Å²) in [5.74, 6) is 0.203. The highest BCUT2D eigenvalue weighted by Gasteiger charge is 2.33. The first-order chi connectivity index (χ1) is 20.4. The van der Waals surface area contributed by atoms with E-state index in [4.69, 9.17) is 14.5 Å². The van der Waals surface area contributed by atoms with E-state index in [0.717, 1.165) is 26.5 Å². The first-order valence-corrected chi connectivity index (χ1v) is 15.1. The standard InChI is InChI=1S/C33H28BrN3O4S/c1-4-41-32(39)29-20(2)35-33-37(30(29)22-11-15-25(40-3)16-12-22)31(38)28(42-33)17-23-19-36(27-8-6-5-7-26(23)27)18-21-9-13-24(34)14-10-21/h5-17,19,30H,4,18H2,1-3H3/b28-17+/t30-/m1/s1. The summed E-state index contributed by atoms with van der Waals surface area (Å²) in [6.07, 6.45) is 4.01. The van der Waals surface area contributed by atoms with Crippen molar-refractivity contribution >= 4 is 50.2 Å². The molecular weight excluding hydrogens is 614 g/mol. The Morgan fingerprint density at radius 2 is 1.81 bits per heavy atom. The van der Waals surface area contributed by atoms with Crippen LogP contribution in [-0.4, -0.2) is 28.8 Å². The van der Waals surface area contributed by atoms with Crippen LogP contribution in [0.5, 0.6) is 5.75 Å². The number of allylic oxidation sites excluding steroid dienone is 1. The maximum Gasteiger partial charge on any atom is 0.338 e. The van der Waals surface area contributed by atoms with Gasteiger partial charge in [-0.15, -0.1) is 0 Å². The number of carbonyl (C=O) groups excluding carboxylic acids is 1. The Balaban J connectivity index is 1.50. The molecule has 0 saturated carbocycles. The molecule has 0 bridgehead atoms. The molecule has 0 fully saturated rings. The van der Waals surface area contributed by atoms with E-state index in [2.05, 4.69) is 51.0 Å². The predicted octanol–water partition coefficient (Wildman–Crippen LogP) is 5.57. The fraction of sp³-hybridized carbons (Fsp3) is 0.182. The Morgan fingerprint density at radius 1 is 1.07 bits per heavy atom. The quantitative estimate of drug-likeness (QED) is 0.218. The fourth-order valence-electron chi connectivity index (χ4n) is 5.34. The van der Waals surface area contributed by atoms with Gasteiger partial charge in [0.25, 0.3) is 5.56 Å². The van der Waals surface area contributed by atoms with Gasteiger partial charge in [0.1, 0.15) is 5.75 Å². The van der Waals surface area contributed by atoms with Crippen LogP contribution in [0, 0.1) is 0 Å². The van der Waals surface area contributed by atoms with E-state index in [0.29, 0.717) is 32.9 Å². The number of esters is 1. The van der Waals surface area contributed by atoms with Crippen LogP contribution < -0.4 is 19.6 Å². The molecule has 1 aliphatic heterocycles. The minimum Gasteiger partial charge on any atom is -0.497 e. The van der Waals surface area contributed by atoms with Gasteiger partial charge in [-0.1, -0.05) is 69.7 Å². The Morgan fingerprint density at radius 3 is 2.52 bits per heavy atom. The number of ether oxygens (including phenoxy) is 2. The van der Waals surface area contributed by atoms with E-state index in [9.17, 15) is 9.59 Å². The Labute approximate surface area is 254 Å². The summed E-state index contributed by atoms with van der Waals surface area (Å²) in [5, 5.41) is 1.05. The highest BCUT2D eigenvalue weighted by Crippen LogP contribution is 2.32. The Hall–Kier alpha value is -4.21. The van der Waals surface area contributed by atoms with Crippen LogP contribution in [0.25, 0.3) is 17.0 Å². The molecular formula is C33H28BrN3O4S. The average Bonchev–Trinajstić information content (AvgIpc) is 3.50. The number of nitrogens with zero attached hydrogens (tertiary/aromatic N) is 3. The number of hydrogen-bond acceptors (Lipinski definition) is 6. The van der Waals surface area contributed by atoms with E-state index < -0.39 is 12.0 Å². The lowest BCUT2D eigenvalue weighted by Gasteiger charge is -2.24. The van der Waals surface area contributed by atoms with Gasteiger partial charge in [-0.2, -0.15) is 0 Å². The maximum atomic E-state index is 14.1. The molecule has 0 unspecified atom stereocenters. The third-order valence-electron chi connectivity index (χ3n) is 7.32. The zero-order chi connectivity index (χ0) is 29.4. The highest BCUT2D eigenvalue weighted by atomic mass is 79.9. The highest BCUT2D eigenvalue weighted by molar-refractivity contribution is 9.10. The summed E-state index contributed by atoms with van der Waals surface area (Å²) in [7, 11) is 1.60. The van der Waals surface area contributed by atoms with Crippen LogP contribution in [0.1, 0.15) is 36.6 Å². The maximum absolute atomic E-state index is 14.1. The molecule has 212 valence electrons. The molecule has 3 aromatic carbocycles. The lowest BCUT2D eigenvalue weighted by molar-refractivity contribution is -0.139. The molecule has 6 rings (SSSR count). The van der Waals surface area contributed by atoms with Crippen LogP contribution in [0.4, 0.5) is 0 Å². The molecule has 0 spiro atoms. The summed E-state index contributed by atoms with van der Waals surface area (Å²) in [4.78, 5) is 32.5. The van der Waals surface area contributed by atoms with E-state index in [1.807, 2.05) is 54.6 Å². The third-order valence-corrected chi connectivity index (χ3v) is 8.83. The SMILES string of the molecule is CCOC(=O)C1=C(C)N=c2s/c(=C/c3cn(Cc4ccc(Br)cc4)c4ccccc34)c(=O)n2[C@@H]1c1ccc(OC)cc1. The number of rotatable bonds is 7. The Kier molecular flexibility index (Phi) is 7.70. The van der Waals surface area contributed by atoms with Gasteiger partial charge in [0.15, 0.2) is 4.80 Å². The monoisotopic (exact) mass is 641 g/mol. The zero-order valence-electron chi connectivity index (χ0n) is 23.3. The first kappa shape index (κ1) is 27.9. The van der Waals surface area contributed by atoms with E-state index in [1.165, 1.54) is 16.9 Å². The van der Waals surface area contributed by atoms with Crippen LogP contribution in [0.15, 0.2) is 105 Å². The van der Waals surface area contributed by atoms with Crippen LogP contribution >= 0.6 is 27.3 Å².